The van der Waals surface area contributed by atoms with Gasteiger partial charge in [0.05, 0.1) is 10.2 Å². The largest absolute Gasteiger partial charge is 0.504 e. The summed E-state index contributed by atoms with van der Waals surface area (Å²) < 4.78 is 7.02. The Morgan fingerprint density at radius 3 is 2.76 bits per heavy atom. The molecule has 0 atom stereocenters. The van der Waals surface area contributed by atoms with Gasteiger partial charge in [0.2, 0.25) is 0 Å². The van der Waals surface area contributed by atoms with Crippen molar-refractivity contribution in [2.75, 3.05) is 13.2 Å². The molecule has 3 aromatic carbocycles. The van der Waals surface area contributed by atoms with E-state index in [1.54, 1.807) is 17.4 Å². The fraction of sp³-hybridized carbons (Fsp3) is 0.174. The zero-order chi connectivity index (χ0) is 19.8. The lowest BCUT2D eigenvalue weighted by molar-refractivity contribution is 0.217. The van der Waals surface area contributed by atoms with Crippen molar-refractivity contribution in [2.45, 2.75) is 13.1 Å². The average molecular weight is 423 g/mol. The van der Waals surface area contributed by atoms with E-state index < -0.39 is 0 Å². The number of nitrogens with zero attached hydrogens (tertiary/aromatic N) is 2. The molecular formula is C23H19ClN2O2S. The van der Waals surface area contributed by atoms with Gasteiger partial charge in [0, 0.05) is 35.8 Å². The molecule has 0 unspecified atom stereocenters. The number of para-hydroxylation sites is 1. The van der Waals surface area contributed by atoms with E-state index in [0.717, 1.165) is 44.5 Å². The summed E-state index contributed by atoms with van der Waals surface area (Å²) in [4.78, 5) is 7.05. The summed E-state index contributed by atoms with van der Waals surface area (Å²) in [5.41, 5.74) is 4.07. The van der Waals surface area contributed by atoms with Crippen LogP contribution in [-0.2, 0) is 13.1 Å². The Kier molecular flexibility index (Phi) is 4.87. The van der Waals surface area contributed by atoms with Crippen LogP contribution in [0.25, 0.3) is 20.8 Å². The maximum atomic E-state index is 10.6. The third-order valence-corrected chi connectivity index (χ3v) is 6.39. The van der Waals surface area contributed by atoms with Crippen LogP contribution < -0.4 is 4.74 Å². The van der Waals surface area contributed by atoms with Crippen molar-refractivity contribution in [1.29, 1.82) is 0 Å². The molecule has 4 aromatic rings. The van der Waals surface area contributed by atoms with Gasteiger partial charge < -0.3 is 9.84 Å². The van der Waals surface area contributed by atoms with E-state index in [9.17, 15) is 5.11 Å². The van der Waals surface area contributed by atoms with Gasteiger partial charge in [-0.25, -0.2) is 4.98 Å². The van der Waals surface area contributed by atoms with Crippen molar-refractivity contribution in [3.05, 3.63) is 76.8 Å². The zero-order valence-corrected chi connectivity index (χ0v) is 17.2. The maximum absolute atomic E-state index is 10.6. The van der Waals surface area contributed by atoms with Crippen LogP contribution >= 0.6 is 22.9 Å². The number of phenols is 1. The van der Waals surface area contributed by atoms with Crippen LogP contribution in [0.5, 0.6) is 11.5 Å². The van der Waals surface area contributed by atoms with Gasteiger partial charge in [0.1, 0.15) is 11.6 Å². The normalized spacial score (nSPS) is 14.4. The highest BCUT2D eigenvalue weighted by Crippen LogP contribution is 2.39. The number of fused-ring (bicyclic) bond motifs is 2. The number of hydrogen-bond donors (Lipinski definition) is 1. The molecule has 146 valence electrons. The first kappa shape index (κ1) is 18.4. The van der Waals surface area contributed by atoms with E-state index in [-0.39, 0.29) is 5.75 Å². The molecule has 0 spiro atoms. The fourth-order valence-electron chi connectivity index (χ4n) is 3.66. The van der Waals surface area contributed by atoms with Crippen LogP contribution in [0.1, 0.15) is 11.1 Å². The number of thiazole rings is 1. The van der Waals surface area contributed by atoms with Crippen LogP contribution in [0.3, 0.4) is 0 Å². The topological polar surface area (TPSA) is 45.6 Å². The van der Waals surface area contributed by atoms with Gasteiger partial charge in [-0.15, -0.1) is 11.3 Å². The zero-order valence-electron chi connectivity index (χ0n) is 15.6. The number of rotatable bonds is 3. The second kappa shape index (κ2) is 7.67. The monoisotopic (exact) mass is 422 g/mol. The molecule has 1 aliphatic heterocycles. The van der Waals surface area contributed by atoms with Crippen molar-refractivity contribution >= 4 is 33.2 Å². The van der Waals surface area contributed by atoms with Gasteiger partial charge in [-0.2, -0.15) is 0 Å². The molecule has 2 heterocycles. The maximum Gasteiger partial charge on any atom is 0.165 e. The van der Waals surface area contributed by atoms with Gasteiger partial charge in [0.25, 0.3) is 0 Å². The highest BCUT2D eigenvalue weighted by Gasteiger charge is 2.21. The van der Waals surface area contributed by atoms with Crippen molar-refractivity contribution in [3.8, 4) is 22.1 Å². The molecule has 4 nitrogen and oxygen atoms in total. The molecule has 0 fully saturated rings. The first-order valence-electron chi connectivity index (χ1n) is 9.47. The molecule has 1 aromatic heterocycles. The molecule has 0 amide bonds. The van der Waals surface area contributed by atoms with Crippen LogP contribution in [0, 0.1) is 0 Å². The fourth-order valence-corrected chi connectivity index (χ4v) is 4.73. The predicted octanol–water partition coefficient (Wildman–Crippen LogP) is 5.72. The standard InChI is InChI=1S/C23H19ClN2O2S/c24-18-7-5-15(6-8-18)13-26-9-10-28-22-17(14-26)11-16(12-20(22)27)23-25-19-3-1-2-4-21(19)29-23/h1-8,11-12,27H,9-10,13-14H2. The summed E-state index contributed by atoms with van der Waals surface area (Å²) in [7, 11) is 0. The number of aromatic nitrogens is 1. The number of phenolic OH excluding ortho intramolecular Hbond substituents is 1. The van der Waals surface area contributed by atoms with E-state index in [0.29, 0.717) is 18.9 Å². The van der Waals surface area contributed by atoms with Crippen molar-refractivity contribution in [2.24, 2.45) is 0 Å². The molecule has 0 bridgehead atoms. The number of hydrogen-bond acceptors (Lipinski definition) is 5. The van der Waals surface area contributed by atoms with Crippen LogP contribution in [0.2, 0.25) is 5.02 Å². The van der Waals surface area contributed by atoms with Crippen LogP contribution in [0.15, 0.2) is 60.7 Å². The Hall–Kier alpha value is -2.60. The number of halogens is 1. The molecule has 0 saturated heterocycles. The van der Waals surface area contributed by atoms with Crippen molar-refractivity contribution < 1.29 is 9.84 Å². The summed E-state index contributed by atoms with van der Waals surface area (Å²) in [6, 6.07) is 19.8. The molecular weight excluding hydrogens is 404 g/mol. The summed E-state index contributed by atoms with van der Waals surface area (Å²) in [6.07, 6.45) is 0. The molecule has 5 rings (SSSR count). The van der Waals surface area contributed by atoms with Gasteiger partial charge in [-0.3, -0.25) is 4.90 Å². The van der Waals surface area contributed by atoms with E-state index in [2.05, 4.69) is 17.0 Å². The number of aromatic hydroxyl groups is 1. The average Bonchev–Trinajstić information content (AvgIpc) is 3.05. The second-order valence-electron chi connectivity index (χ2n) is 7.16. The number of ether oxygens (including phenoxy) is 1. The third kappa shape index (κ3) is 3.81. The smallest absolute Gasteiger partial charge is 0.165 e. The van der Waals surface area contributed by atoms with Gasteiger partial charge >= 0.3 is 0 Å². The molecule has 0 aliphatic carbocycles. The molecule has 6 heteroatoms. The lowest BCUT2D eigenvalue weighted by atomic mass is 10.1. The molecule has 0 radical (unpaired) electrons. The highest BCUT2D eigenvalue weighted by atomic mass is 35.5. The Bertz CT molecular complexity index is 1140. The SMILES string of the molecule is Oc1cc(-c2nc3ccccc3s2)cc2c1OCCN(Cc1ccc(Cl)cc1)C2. The Morgan fingerprint density at radius 2 is 1.93 bits per heavy atom. The third-order valence-electron chi connectivity index (χ3n) is 5.05. The van der Waals surface area contributed by atoms with Crippen LogP contribution in [-0.4, -0.2) is 28.1 Å². The minimum Gasteiger partial charge on any atom is -0.504 e. The van der Waals surface area contributed by atoms with Crippen molar-refractivity contribution in [1.82, 2.24) is 9.88 Å². The Labute approximate surface area is 178 Å². The first-order chi connectivity index (χ1) is 14.2. The lowest BCUT2D eigenvalue weighted by Crippen LogP contribution is -2.25. The second-order valence-corrected chi connectivity index (χ2v) is 8.62. The minimum atomic E-state index is 0.171. The summed E-state index contributed by atoms with van der Waals surface area (Å²) >= 11 is 7.63. The van der Waals surface area contributed by atoms with Gasteiger partial charge in [-0.1, -0.05) is 35.9 Å². The molecule has 0 saturated carbocycles. The Balaban J connectivity index is 1.47. The van der Waals surface area contributed by atoms with E-state index in [1.165, 1.54) is 5.56 Å². The first-order valence-corrected chi connectivity index (χ1v) is 10.7. The van der Waals surface area contributed by atoms with Crippen molar-refractivity contribution in [3.63, 3.8) is 0 Å². The summed E-state index contributed by atoms with van der Waals surface area (Å²) in [6.45, 7) is 2.82. The number of benzene rings is 3. The van der Waals surface area contributed by atoms with Gasteiger partial charge in [0.15, 0.2) is 11.5 Å². The summed E-state index contributed by atoms with van der Waals surface area (Å²) in [5.74, 6) is 0.749. The Morgan fingerprint density at radius 1 is 1.10 bits per heavy atom. The quantitative estimate of drug-likeness (QED) is 0.458. The minimum absolute atomic E-state index is 0.171. The lowest BCUT2D eigenvalue weighted by Gasteiger charge is -2.19. The predicted molar refractivity (Wildman–Crippen MR) is 118 cm³/mol. The molecule has 29 heavy (non-hydrogen) atoms. The van der Waals surface area contributed by atoms with E-state index >= 15 is 0 Å². The van der Waals surface area contributed by atoms with E-state index in [4.69, 9.17) is 21.3 Å². The van der Waals surface area contributed by atoms with Gasteiger partial charge in [-0.05, 0) is 42.0 Å². The molecule has 1 aliphatic rings. The molecule has 1 N–H and O–H groups in total. The summed E-state index contributed by atoms with van der Waals surface area (Å²) in [5, 5.41) is 12.3. The van der Waals surface area contributed by atoms with Crippen LogP contribution in [0.4, 0.5) is 0 Å². The van der Waals surface area contributed by atoms with E-state index in [1.807, 2.05) is 42.5 Å². The highest BCUT2D eigenvalue weighted by molar-refractivity contribution is 7.21.